The van der Waals surface area contributed by atoms with Gasteiger partial charge in [-0.25, -0.2) is 0 Å². The van der Waals surface area contributed by atoms with Crippen molar-refractivity contribution >= 4 is 5.84 Å². The molecule has 1 aromatic rings. The molecule has 0 spiro atoms. The molecule has 1 rings (SSSR count). The molecule has 0 saturated carbocycles. The van der Waals surface area contributed by atoms with E-state index in [1.54, 1.807) is 13.3 Å². The Labute approximate surface area is 113 Å². The number of ether oxygens (including phenoxy) is 1. The number of aromatic nitrogens is 1. The topological polar surface area (TPSA) is 92.8 Å². The summed E-state index contributed by atoms with van der Waals surface area (Å²) in [7, 11) is 1.69. The zero-order valence-electron chi connectivity index (χ0n) is 11.5. The summed E-state index contributed by atoms with van der Waals surface area (Å²) in [5.41, 5.74) is 7.01. The Morgan fingerprint density at radius 3 is 3.05 bits per heavy atom. The van der Waals surface area contributed by atoms with Crippen LogP contribution in [0.3, 0.4) is 0 Å². The first-order chi connectivity index (χ1) is 9.22. The molecule has 0 radical (unpaired) electrons. The summed E-state index contributed by atoms with van der Waals surface area (Å²) in [4.78, 5) is 4.13. The van der Waals surface area contributed by atoms with E-state index >= 15 is 0 Å². The number of amidine groups is 1. The zero-order valence-corrected chi connectivity index (χ0v) is 11.5. The predicted molar refractivity (Wildman–Crippen MR) is 74.2 cm³/mol. The number of hydrogen-bond donors (Lipinski definition) is 3. The van der Waals surface area contributed by atoms with Crippen molar-refractivity contribution in [3.63, 3.8) is 0 Å². The van der Waals surface area contributed by atoms with Crippen LogP contribution in [-0.2, 0) is 11.3 Å². The molecule has 1 aromatic heterocycles. The van der Waals surface area contributed by atoms with E-state index < -0.39 is 0 Å². The van der Waals surface area contributed by atoms with Crippen LogP contribution < -0.4 is 11.1 Å². The molecule has 0 aliphatic heterocycles. The lowest BCUT2D eigenvalue weighted by atomic mass is 10.1. The molecule has 1 atom stereocenters. The van der Waals surface area contributed by atoms with Crippen molar-refractivity contribution < 1.29 is 9.94 Å². The number of nitrogens with two attached hydrogens (primary N) is 1. The van der Waals surface area contributed by atoms with Gasteiger partial charge in [-0.05, 0) is 18.1 Å². The fourth-order valence-corrected chi connectivity index (χ4v) is 1.91. The molecule has 6 nitrogen and oxygen atoms in total. The lowest BCUT2D eigenvalue weighted by molar-refractivity contribution is 0.161. The van der Waals surface area contributed by atoms with Crippen molar-refractivity contribution in [2.75, 3.05) is 13.7 Å². The van der Waals surface area contributed by atoms with Gasteiger partial charge in [0.2, 0.25) is 0 Å². The monoisotopic (exact) mass is 266 g/mol. The lowest BCUT2D eigenvalue weighted by Crippen LogP contribution is -2.33. The van der Waals surface area contributed by atoms with Crippen LogP contribution >= 0.6 is 0 Å². The first kappa shape index (κ1) is 15.4. The average molecular weight is 266 g/mol. The third-order valence-electron chi connectivity index (χ3n) is 2.83. The first-order valence-corrected chi connectivity index (χ1v) is 6.37. The summed E-state index contributed by atoms with van der Waals surface area (Å²) in [6.07, 6.45) is 3.74. The van der Waals surface area contributed by atoms with Gasteiger partial charge in [-0.3, -0.25) is 4.98 Å². The van der Waals surface area contributed by atoms with E-state index in [2.05, 4.69) is 22.4 Å². The molecule has 4 N–H and O–H groups in total. The number of methoxy groups -OCH3 is 1. The highest BCUT2D eigenvalue weighted by Crippen LogP contribution is 2.06. The molecular weight excluding hydrogens is 244 g/mol. The van der Waals surface area contributed by atoms with Gasteiger partial charge in [0.1, 0.15) is 5.69 Å². The Hall–Kier alpha value is -1.66. The third kappa shape index (κ3) is 4.84. The number of nitrogens with one attached hydrogen (secondary N) is 1. The molecule has 106 valence electrons. The Morgan fingerprint density at radius 1 is 1.63 bits per heavy atom. The highest BCUT2D eigenvalue weighted by molar-refractivity contribution is 5.96. The smallest absolute Gasteiger partial charge is 0.189 e. The molecule has 0 aromatic carbocycles. The van der Waals surface area contributed by atoms with Crippen molar-refractivity contribution in [2.24, 2.45) is 10.9 Å². The van der Waals surface area contributed by atoms with Crippen LogP contribution in [0.1, 0.15) is 31.0 Å². The van der Waals surface area contributed by atoms with Gasteiger partial charge in [-0.2, -0.15) is 0 Å². The molecular formula is C13H22N4O2. The Balaban J connectivity index is 2.71. The molecule has 0 amide bonds. The van der Waals surface area contributed by atoms with Gasteiger partial charge in [-0.1, -0.05) is 24.6 Å². The van der Waals surface area contributed by atoms with Gasteiger partial charge >= 0.3 is 0 Å². The molecule has 19 heavy (non-hydrogen) atoms. The molecule has 1 heterocycles. The second-order valence-corrected chi connectivity index (χ2v) is 4.32. The normalized spacial score (nSPS) is 13.5. The van der Waals surface area contributed by atoms with E-state index in [-0.39, 0.29) is 11.9 Å². The SMILES string of the molecule is CCCC(COC)NCc1cccnc1C(N)=NO. The van der Waals surface area contributed by atoms with E-state index in [0.717, 1.165) is 18.4 Å². The summed E-state index contributed by atoms with van der Waals surface area (Å²) < 4.78 is 5.18. The second kappa shape index (κ2) is 8.44. The summed E-state index contributed by atoms with van der Waals surface area (Å²) in [5, 5.41) is 15.1. The van der Waals surface area contributed by atoms with Crippen LogP contribution in [0.2, 0.25) is 0 Å². The summed E-state index contributed by atoms with van der Waals surface area (Å²) in [5.74, 6) is 0.0242. The molecule has 6 heteroatoms. The summed E-state index contributed by atoms with van der Waals surface area (Å²) >= 11 is 0. The Bertz CT molecular complexity index is 403. The number of oxime groups is 1. The van der Waals surface area contributed by atoms with Crippen molar-refractivity contribution in [1.82, 2.24) is 10.3 Å². The Morgan fingerprint density at radius 2 is 2.42 bits per heavy atom. The largest absolute Gasteiger partial charge is 0.409 e. The highest BCUT2D eigenvalue weighted by atomic mass is 16.5. The van der Waals surface area contributed by atoms with Gasteiger partial charge in [-0.15, -0.1) is 0 Å². The maximum atomic E-state index is 8.74. The summed E-state index contributed by atoms with van der Waals surface area (Å²) in [6.45, 7) is 3.40. The maximum absolute atomic E-state index is 8.74. The molecule has 1 unspecified atom stereocenters. The number of hydrogen-bond acceptors (Lipinski definition) is 5. The van der Waals surface area contributed by atoms with E-state index in [9.17, 15) is 0 Å². The lowest BCUT2D eigenvalue weighted by Gasteiger charge is -2.18. The molecule has 0 aliphatic carbocycles. The first-order valence-electron chi connectivity index (χ1n) is 6.37. The molecule has 0 bridgehead atoms. The van der Waals surface area contributed by atoms with Crippen LogP contribution in [0.4, 0.5) is 0 Å². The Kier molecular flexibility index (Phi) is 6.84. The fraction of sp³-hybridized carbons (Fsp3) is 0.538. The van der Waals surface area contributed by atoms with Crippen LogP contribution in [0.25, 0.3) is 0 Å². The molecule has 0 saturated heterocycles. The number of rotatable bonds is 8. The maximum Gasteiger partial charge on any atom is 0.189 e. The molecule has 0 fully saturated rings. The van der Waals surface area contributed by atoms with Crippen molar-refractivity contribution in [1.29, 1.82) is 0 Å². The van der Waals surface area contributed by atoms with Crippen LogP contribution in [0, 0.1) is 0 Å². The van der Waals surface area contributed by atoms with Crippen LogP contribution in [0.5, 0.6) is 0 Å². The van der Waals surface area contributed by atoms with Crippen LogP contribution in [-0.4, -0.2) is 35.8 Å². The van der Waals surface area contributed by atoms with Gasteiger partial charge in [0, 0.05) is 25.9 Å². The van der Waals surface area contributed by atoms with Crippen molar-refractivity contribution in [3.8, 4) is 0 Å². The number of nitrogens with zero attached hydrogens (tertiary/aromatic N) is 2. The summed E-state index contributed by atoms with van der Waals surface area (Å²) in [6, 6.07) is 4.02. The van der Waals surface area contributed by atoms with E-state index in [0.29, 0.717) is 18.8 Å². The van der Waals surface area contributed by atoms with Gasteiger partial charge in [0.05, 0.1) is 6.61 Å². The third-order valence-corrected chi connectivity index (χ3v) is 2.83. The van der Waals surface area contributed by atoms with Gasteiger partial charge < -0.3 is 21.0 Å². The highest BCUT2D eigenvalue weighted by Gasteiger charge is 2.11. The minimum atomic E-state index is 0.0242. The second-order valence-electron chi connectivity index (χ2n) is 4.32. The van der Waals surface area contributed by atoms with E-state index in [1.807, 2.05) is 12.1 Å². The van der Waals surface area contributed by atoms with Crippen molar-refractivity contribution in [2.45, 2.75) is 32.4 Å². The average Bonchev–Trinajstić information content (AvgIpc) is 2.44. The standard InChI is InChI=1S/C13H22N4O2/c1-3-5-11(9-19-2)16-8-10-6-4-7-15-12(10)13(14)17-18/h4,6-7,11,16,18H,3,5,8-9H2,1-2H3,(H2,14,17). The minimum Gasteiger partial charge on any atom is -0.409 e. The van der Waals surface area contributed by atoms with Crippen LogP contribution in [0.15, 0.2) is 23.5 Å². The molecule has 0 aliphatic rings. The fourth-order valence-electron chi connectivity index (χ4n) is 1.91. The minimum absolute atomic E-state index is 0.0242. The predicted octanol–water partition coefficient (Wildman–Crippen LogP) is 1.08. The number of pyridine rings is 1. The van der Waals surface area contributed by atoms with Gasteiger partial charge in [0.25, 0.3) is 0 Å². The quantitative estimate of drug-likeness (QED) is 0.283. The van der Waals surface area contributed by atoms with Crippen molar-refractivity contribution in [3.05, 3.63) is 29.6 Å². The van der Waals surface area contributed by atoms with Gasteiger partial charge in [0.15, 0.2) is 5.84 Å². The van der Waals surface area contributed by atoms with E-state index in [1.165, 1.54) is 0 Å². The zero-order chi connectivity index (χ0) is 14.1. The van der Waals surface area contributed by atoms with E-state index in [4.69, 9.17) is 15.7 Å².